The number of halogens is 1. The SMILES string of the molecule is Cc1ccc(S(=O)(=O)N2C[C@H](C(=O)NCc3ccc(Cl)cc3)Oc3cc(C)ccc32)cc1. The van der Waals surface area contributed by atoms with Crippen LogP contribution in [0.15, 0.2) is 71.6 Å². The Labute approximate surface area is 192 Å². The van der Waals surface area contributed by atoms with Gasteiger partial charge in [-0.05, 0) is 61.4 Å². The van der Waals surface area contributed by atoms with Crippen LogP contribution in [0.1, 0.15) is 16.7 Å². The third kappa shape index (κ3) is 4.59. The summed E-state index contributed by atoms with van der Waals surface area (Å²) in [5, 5.41) is 3.44. The van der Waals surface area contributed by atoms with E-state index in [4.69, 9.17) is 16.3 Å². The fourth-order valence-corrected chi connectivity index (χ4v) is 5.07. The second-order valence-electron chi connectivity index (χ2n) is 7.77. The van der Waals surface area contributed by atoms with Crippen molar-refractivity contribution in [2.45, 2.75) is 31.4 Å². The fourth-order valence-electron chi connectivity index (χ4n) is 3.47. The molecule has 32 heavy (non-hydrogen) atoms. The molecule has 0 fully saturated rings. The summed E-state index contributed by atoms with van der Waals surface area (Å²) >= 11 is 5.90. The van der Waals surface area contributed by atoms with Gasteiger partial charge >= 0.3 is 0 Å². The average Bonchev–Trinajstić information content (AvgIpc) is 2.77. The van der Waals surface area contributed by atoms with Crippen LogP contribution in [-0.2, 0) is 21.4 Å². The third-order valence-electron chi connectivity index (χ3n) is 5.27. The molecule has 4 rings (SSSR count). The molecular formula is C24H23ClN2O4S. The van der Waals surface area contributed by atoms with Gasteiger partial charge in [0.05, 0.1) is 17.1 Å². The van der Waals surface area contributed by atoms with Crippen LogP contribution in [0.4, 0.5) is 5.69 Å². The minimum Gasteiger partial charge on any atom is -0.476 e. The molecular weight excluding hydrogens is 448 g/mol. The van der Waals surface area contributed by atoms with Crippen LogP contribution < -0.4 is 14.4 Å². The Morgan fingerprint density at radius 2 is 1.69 bits per heavy atom. The number of amides is 1. The van der Waals surface area contributed by atoms with Crippen molar-refractivity contribution < 1.29 is 17.9 Å². The molecule has 0 aliphatic carbocycles. The minimum atomic E-state index is -3.88. The van der Waals surface area contributed by atoms with Gasteiger partial charge in [0, 0.05) is 11.6 Å². The third-order valence-corrected chi connectivity index (χ3v) is 7.31. The molecule has 1 aliphatic heterocycles. The van der Waals surface area contributed by atoms with Crippen LogP contribution >= 0.6 is 11.6 Å². The average molecular weight is 471 g/mol. The Hall–Kier alpha value is -3.03. The van der Waals surface area contributed by atoms with E-state index in [9.17, 15) is 13.2 Å². The highest BCUT2D eigenvalue weighted by atomic mass is 35.5. The number of carbonyl (C=O) groups excluding carboxylic acids is 1. The molecule has 166 valence electrons. The highest BCUT2D eigenvalue weighted by Crippen LogP contribution is 2.37. The number of aryl methyl sites for hydroxylation is 2. The number of fused-ring (bicyclic) bond motifs is 1. The summed E-state index contributed by atoms with van der Waals surface area (Å²) in [7, 11) is -3.88. The fraction of sp³-hybridized carbons (Fsp3) is 0.208. The second-order valence-corrected chi connectivity index (χ2v) is 10.1. The molecule has 0 saturated heterocycles. The van der Waals surface area contributed by atoms with Crippen molar-refractivity contribution in [3.8, 4) is 5.75 Å². The summed E-state index contributed by atoms with van der Waals surface area (Å²) in [5.41, 5.74) is 3.15. The summed E-state index contributed by atoms with van der Waals surface area (Å²) in [6.45, 7) is 3.93. The van der Waals surface area contributed by atoms with Gasteiger partial charge in [0.1, 0.15) is 5.75 Å². The van der Waals surface area contributed by atoms with Crippen LogP contribution in [0.3, 0.4) is 0 Å². The van der Waals surface area contributed by atoms with Crippen molar-refractivity contribution >= 4 is 33.2 Å². The van der Waals surface area contributed by atoms with E-state index in [1.54, 1.807) is 48.5 Å². The number of rotatable bonds is 5. The first-order valence-corrected chi connectivity index (χ1v) is 11.9. The van der Waals surface area contributed by atoms with Gasteiger partial charge in [0.2, 0.25) is 0 Å². The van der Waals surface area contributed by atoms with Crippen molar-refractivity contribution in [2.24, 2.45) is 0 Å². The first-order chi connectivity index (χ1) is 15.2. The lowest BCUT2D eigenvalue weighted by molar-refractivity contribution is -0.127. The Kier molecular flexibility index (Phi) is 6.13. The molecule has 3 aromatic carbocycles. The molecule has 6 nitrogen and oxygen atoms in total. The zero-order chi connectivity index (χ0) is 22.9. The van der Waals surface area contributed by atoms with Crippen molar-refractivity contribution in [3.63, 3.8) is 0 Å². The van der Waals surface area contributed by atoms with Crippen molar-refractivity contribution in [3.05, 3.63) is 88.4 Å². The van der Waals surface area contributed by atoms with Gasteiger partial charge in [-0.15, -0.1) is 0 Å². The Morgan fingerprint density at radius 1 is 1.03 bits per heavy atom. The minimum absolute atomic E-state index is 0.126. The molecule has 1 amide bonds. The van der Waals surface area contributed by atoms with E-state index in [0.717, 1.165) is 16.7 Å². The molecule has 1 aliphatic rings. The molecule has 0 unspecified atom stereocenters. The van der Waals surface area contributed by atoms with Gasteiger partial charge in [0.15, 0.2) is 6.10 Å². The van der Waals surface area contributed by atoms with Crippen LogP contribution in [-0.4, -0.2) is 27.0 Å². The summed E-state index contributed by atoms with van der Waals surface area (Å²) in [5.74, 6) is -0.0326. The number of sulfonamides is 1. The number of anilines is 1. The van der Waals surface area contributed by atoms with Gasteiger partial charge in [-0.1, -0.05) is 47.5 Å². The Bertz CT molecular complexity index is 1240. The molecule has 1 atom stereocenters. The van der Waals surface area contributed by atoms with Crippen molar-refractivity contribution in [2.75, 3.05) is 10.8 Å². The van der Waals surface area contributed by atoms with Gasteiger partial charge in [0.25, 0.3) is 15.9 Å². The van der Waals surface area contributed by atoms with Crippen LogP contribution in [0.5, 0.6) is 5.75 Å². The van der Waals surface area contributed by atoms with Crippen molar-refractivity contribution in [1.82, 2.24) is 5.32 Å². The molecule has 0 aromatic heterocycles. The van der Waals surface area contributed by atoms with E-state index < -0.39 is 22.0 Å². The van der Waals surface area contributed by atoms with Gasteiger partial charge < -0.3 is 10.1 Å². The predicted molar refractivity (Wildman–Crippen MR) is 125 cm³/mol. The molecule has 1 N–H and O–H groups in total. The van der Waals surface area contributed by atoms with Crippen LogP contribution in [0.2, 0.25) is 5.02 Å². The lowest BCUT2D eigenvalue weighted by Gasteiger charge is -2.35. The largest absolute Gasteiger partial charge is 0.476 e. The van der Waals surface area contributed by atoms with Gasteiger partial charge in [-0.25, -0.2) is 8.42 Å². The quantitative estimate of drug-likeness (QED) is 0.605. The summed E-state index contributed by atoms with van der Waals surface area (Å²) in [6.07, 6.45) is -0.989. The first kappa shape index (κ1) is 22.2. The number of ether oxygens (including phenoxy) is 1. The summed E-state index contributed by atoms with van der Waals surface area (Å²) < 4.78 is 34.1. The molecule has 0 radical (unpaired) electrons. The molecule has 3 aromatic rings. The number of nitrogens with one attached hydrogen (secondary N) is 1. The lowest BCUT2D eigenvalue weighted by Crippen LogP contribution is -2.50. The van der Waals surface area contributed by atoms with E-state index in [-0.39, 0.29) is 18.0 Å². The zero-order valence-corrected chi connectivity index (χ0v) is 19.3. The second kappa shape index (κ2) is 8.84. The normalized spacial score (nSPS) is 15.6. The number of hydrogen-bond acceptors (Lipinski definition) is 4. The number of benzene rings is 3. The molecule has 0 saturated carbocycles. The lowest BCUT2D eigenvalue weighted by atomic mass is 10.1. The highest BCUT2D eigenvalue weighted by Gasteiger charge is 2.37. The first-order valence-electron chi connectivity index (χ1n) is 10.1. The van der Waals surface area contributed by atoms with Gasteiger partial charge in [-0.3, -0.25) is 9.10 Å². The maximum absolute atomic E-state index is 13.5. The summed E-state index contributed by atoms with van der Waals surface area (Å²) in [6, 6.07) is 19.0. The van der Waals surface area contributed by atoms with E-state index in [0.29, 0.717) is 16.5 Å². The van der Waals surface area contributed by atoms with E-state index in [1.165, 1.54) is 4.31 Å². The monoisotopic (exact) mass is 470 g/mol. The van der Waals surface area contributed by atoms with E-state index >= 15 is 0 Å². The van der Waals surface area contributed by atoms with Crippen LogP contribution in [0.25, 0.3) is 0 Å². The predicted octanol–water partition coefficient (Wildman–Crippen LogP) is 4.23. The smallest absolute Gasteiger partial charge is 0.264 e. The highest BCUT2D eigenvalue weighted by molar-refractivity contribution is 7.92. The molecule has 8 heteroatoms. The van der Waals surface area contributed by atoms with Crippen molar-refractivity contribution in [1.29, 1.82) is 0 Å². The molecule has 0 bridgehead atoms. The van der Waals surface area contributed by atoms with E-state index in [2.05, 4.69) is 5.32 Å². The number of hydrogen-bond donors (Lipinski definition) is 1. The maximum atomic E-state index is 13.5. The molecule has 0 spiro atoms. The summed E-state index contributed by atoms with van der Waals surface area (Å²) in [4.78, 5) is 13.1. The van der Waals surface area contributed by atoms with Crippen LogP contribution in [0, 0.1) is 13.8 Å². The van der Waals surface area contributed by atoms with Gasteiger partial charge in [-0.2, -0.15) is 0 Å². The Balaban J connectivity index is 1.61. The number of nitrogens with zero attached hydrogens (tertiary/aromatic N) is 1. The zero-order valence-electron chi connectivity index (χ0n) is 17.7. The van der Waals surface area contributed by atoms with E-state index in [1.807, 2.05) is 32.0 Å². The maximum Gasteiger partial charge on any atom is 0.264 e. The topological polar surface area (TPSA) is 75.7 Å². The molecule has 1 heterocycles. The number of carbonyl (C=O) groups is 1. The Morgan fingerprint density at radius 3 is 2.38 bits per heavy atom. The standard InChI is InChI=1S/C24H23ClN2O4S/c1-16-3-10-20(11-4-16)32(29,30)27-15-23(31-22-13-17(2)5-12-21(22)27)24(28)26-14-18-6-8-19(25)9-7-18/h3-13,23H,14-15H2,1-2H3,(H,26,28)/t23-/m1/s1.